The molecular formula is C28H31N5O6S. The summed E-state index contributed by atoms with van der Waals surface area (Å²) in [7, 11) is 0. The molecule has 3 aromatic rings. The molecule has 1 heterocycles. The van der Waals surface area contributed by atoms with Gasteiger partial charge in [0.1, 0.15) is 29.5 Å². The number of nitrogens with zero attached hydrogens (tertiary/aromatic N) is 1. The van der Waals surface area contributed by atoms with Gasteiger partial charge in [-0.15, -0.1) is 11.3 Å². The van der Waals surface area contributed by atoms with E-state index in [9.17, 15) is 19.2 Å². The molecule has 0 radical (unpaired) electrons. The summed E-state index contributed by atoms with van der Waals surface area (Å²) in [6.07, 6.45) is -0.187. The minimum Gasteiger partial charge on any atom is -0.457 e. The minimum atomic E-state index is -0.725. The van der Waals surface area contributed by atoms with Crippen LogP contribution in [-0.4, -0.2) is 48.8 Å². The number of amides is 4. The normalized spacial score (nSPS) is 10.7. The van der Waals surface area contributed by atoms with Crippen molar-refractivity contribution in [3.05, 3.63) is 76.5 Å². The maximum Gasteiger partial charge on any atom is 0.413 e. The summed E-state index contributed by atoms with van der Waals surface area (Å²) in [4.78, 5) is 49.9. The fourth-order valence-corrected chi connectivity index (χ4v) is 4.05. The fraction of sp³-hybridized carbons (Fsp3) is 0.250. The predicted octanol–water partition coefficient (Wildman–Crippen LogP) is 3.79. The van der Waals surface area contributed by atoms with Gasteiger partial charge < -0.3 is 25.0 Å². The summed E-state index contributed by atoms with van der Waals surface area (Å²) in [6.45, 7) is 4.81. The van der Waals surface area contributed by atoms with Crippen LogP contribution in [-0.2, 0) is 25.7 Å². The highest BCUT2D eigenvalue weighted by Crippen LogP contribution is 2.24. The Morgan fingerprint density at radius 2 is 1.65 bits per heavy atom. The Morgan fingerprint density at radius 1 is 0.975 bits per heavy atom. The van der Waals surface area contributed by atoms with Gasteiger partial charge in [-0.2, -0.15) is 0 Å². The highest BCUT2D eigenvalue weighted by Gasteiger charge is 2.18. The number of ether oxygens (including phenoxy) is 2. The Hall–Kier alpha value is -4.71. The van der Waals surface area contributed by atoms with Crippen molar-refractivity contribution in [3.8, 4) is 11.5 Å². The van der Waals surface area contributed by atoms with Crippen LogP contribution in [0.5, 0.6) is 11.5 Å². The maximum absolute atomic E-state index is 12.3. The van der Waals surface area contributed by atoms with Gasteiger partial charge in [0.25, 0.3) is 0 Å². The molecule has 0 aliphatic heterocycles. The molecule has 0 fully saturated rings. The van der Waals surface area contributed by atoms with E-state index in [2.05, 4.69) is 16.0 Å². The van der Waals surface area contributed by atoms with Crippen molar-refractivity contribution in [1.82, 2.24) is 16.0 Å². The number of hydrogen-bond acceptors (Lipinski definition) is 8. The summed E-state index contributed by atoms with van der Waals surface area (Å²) in [5.74, 6) is 0.205. The van der Waals surface area contributed by atoms with Gasteiger partial charge in [-0.05, 0) is 63.2 Å². The molecule has 40 heavy (non-hydrogen) atoms. The molecule has 0 saturated carbocycles. The highest BCUT2D eigenvalue weighted by atomic mass is 32.1. The Kier molecular flexibility index (Phi) is 10.4. The zero-order valence-electron chi connectivity index (χ0n) is 22.4. The molecule has 0 atom stereocenters. The molecule has 11 nitrogen and oxygen atoms in total. The summed E-state index contributed by atoms with van der Waals surface area (Å²) in [5.41, 5.74) is 0.288. The molecule has 210 valence electrons. The third kappa shape index (κ3) is 9.87. The molecule has 0 aliphatic rings. The summed E-state index contributed by atoms with van der Waals surface area (Å²) in [5, 5.41) is 17.2. The average molecular weight is 566 g/mol. The Balaban J connectivity index is 1.40. The molecule has 4 N–H and O–H groups in total. The van der Waals surface area contributed by atoms with Crippen LogP contribution < -0.4 is 25.6 Å². The number of thiophene rings is 1. The van der Waals surface area contributed by atoms with Crippen LogP contribution >= 0.6 is 11.3 Å². The number of para-hydroxylation sites is 1. The largest absolute Gasteiger partial charge is 0.457 e. The van der Waals surface area contributed by atoms with Gasteiger partial charge in [0.15, 0.2) is 0 Å². The van der Waals surface area contributed by atoms with Crippen molar-refractivity contribution < 1.29 is 28.7 Å². The third-order valence-corrected chi connectivity index (χ3v) is 6.00. The Bertz CT molecular complexity index is 1340. The van der Waals surface area contributed by atoms with Gasteiger partial charge in [0.2, 0.25) is 18.2 Å². The van der Waals surface area contributed by atoms with Crippen LogP contribution in [0.1, 0.15) is 31.2 Å². The molecule has 0 spiro atoms. The number of carbonyl (C=O) groups is 4. The second-order valence-corrected chi connectivity index (χ2v) is 10.5. The number of benzene rings is 2. The van der Waals surface area contributed by atoms with Crippen LogP contribution in [0.4, 0.5) is 10.5 Å². The fourth-order valence-electron chi connectivity index (χ4n) is 3.24. The zero-order valence-corrected chi connectivity index (χ0v) is 23.2. The van der Waals surface area contributed by atoms with E-state index in [-0.39, 0.29) is 25.5 Å². The van der Waals surface area contributed by atoms with E-state index < -0.39 is 23.5 Å². The van der Waals surface area contributed by atoms with Crippen molar-refractivity contribution in [1.29, 1.82) is 5.41 Å². The third-order valence-electron chi connectivity index (χ3n) is 5.06. The topological polar surface area (TPSA) is 150 Å². The zero-order chi connectivity index (χ0) is 29.1. The SMILES string of the molecule is CC(C)(C)OC(=O)NC(=N)c1csc(CNC(=O)CNC(=O)CN(C=O)c2ccc(Oc3ccccc3)cc2)c1. The van der Waals surface area contributed by atoms with Crippen LogP contribution in [0.15, 0.2) is 66.0 Å². The van der Waals surface area contributed by atoms with Gasteiger partial charge in [0.05, 0.1) is 13.1 Å². The predicted molar refractivity (Wildman–Crippen MR) is 152 cm³/mol. The number of amidine groups is 1. The van der Waals surface area contributed by atoms with Crippen molar-refractivity contribution in [2.75, 3.05) is 18.0 Å². The van der Waals surface area contributed by atoms with E-state index in [4.69, 9.17) is 14.9 Å². The minimum absolute atomic E-state index is 0.117. The molecule has 3 rings (SSSR count). The second kappa shape index (κ2) is 13.9. The van der Waals surface area contributed by atoms with Crippen molar-refractivity contribution >= 4 is 47.2 Å². The summed E-state index contributed by atoms with van der Waals surface area (Å²) < 4.78 is 10.9. The second-order valence-electron chi connectivity index (χ2n) is 9.50. The van der Waals surface area contributed by atoms with Crippen LogP contribution in [0.3, 0.4) is 0 Å². The van der Waals surface area contributed by atoms with E-state index in [0.29, 0.717) is 29.2 Å². The molecular weight excluding hydrogens is 534 g/mol. The van der Waals surface area contributed by atoms with Crippen LogP contribution in [0, 0.1) is 5.41 Å². The number of rotatable bonds is 11. The lowest BCUT2D eigenvalue weighted by atomic mass is 10.2. The van der Waals surface area contributed by atoms with E-state index >= 15 is 0 Å². The van der Waals surface area contributed by atoms with Crippen molar-refractivity contribution in [3.63, 3.8) is 0 Å². The summed E-state index contributed by atoms with van der Waals surface area (Å²) in [6, 6.07) is 17.6. The molecule has 0 aliphatic carbocycles. The van der Waals surface area contributed by atoms with E-state index in [0.717, 1.165) is 4.88 Å². The van der Waals surface area contributed by atoms with Crippen molar-refractivity contribution in [2.24, 2.45) is 0 Å². The lowest BCUT2D eigenvalue weighted by Crippen LogP contribution is -2.41. The molecule has 0 bridgehead atoms. The first-order valence-electron chi connectivity index (χ1n) is 12.3. The van der Waals surface area contributed by atoms with Gasteiger partial charge in [0, 0.05) is 21.5 Å². The summed E-state index contributed by atoms with van der Waals surface area (Å²) >= 11 is 1.31. The standard InChI is InChI=1S/C28H31N5O6S/c1-28(2,3)39-27(37)32-26(29)19-13-23(40-17-19)14-30-24(35)15-31-25(36)16-33(18-34)20-9-11-22(12-10-20)38-21-7-5-4-6-8-21/h4-13,17-18H,14-16H2,1-3H3,(H,30,35)(H,31,36)(H2,29,32,37). The molecule has 4 amide bonds. The number of nitrogens with one attached hydrogen (secondary N) is 4. The van der Waals surface area contributed by atoms with Gasteiger partial charge >= 0.3 is 6.09 Å². The average Bonchev–Trinajstić information content (AvgIpc) is 3.39. The number of alkyl carbamates (subject to hydrolysis) is 1. The molecule has 2 aromatic carbocycles. The lowest BCUT2D eigenvalue weighted by molar-refractivity contribution is -0.125. The first-order valence-corrected chi connectivity index (χ1v) is 13.1. The smallest absolute Gasteiger partial charge is 0.413 e. The van der Waals surface area contributed by atoms with Gasteiger partial charge in [-0.1, -0.05) is 18.2 Å². The first-order chi connectivity index (χ1) is 19.0. The van der Waals surface area contributed by atoms with E-state index in [1.54, 1.807) is 56.5 Å². The quantitative estimate of drug-likeness (QED) is 0.158. The monoisotopic (exact) mass is 565 g/mol. The number of hydrogen-bond donors (Lipinski definition) is 4. The van der Waals surface area contributed by atoms with Gasteiger partial charge in [-0.3, -0.25) is 25.1 Å². The van der Waals surface area contributed by atoms with Crippen molar-refractivity contribution in [2.45, 2.75) is 32.9 Å². The Labute approximate surface area is 236 Å². The Morgan fingerprint density at radius 3 is 2.30 bits per heavy atom. The highest BCUT2D eigenvalue weighted by molar-refractivity contribution is 7.10. The van der Waals surface area contributed by atoms with E-state index in [1.165, 1.54) is 16.2 Å². The first kappa shape index (κ1) is 29.8. The van der Waals surface area contributed by atoms with E-state index in [1.807, 2.05) is 30.3 Å². The van der Waals surface area contributed by atoms with Crippen LogP contribution in [0.2, 0.25) is 0 Å². The molecule has 1 aromatic heterocycles. The van der Waals surface area contributed by atoms with Crippen LogP contribution in [0.25, 0.3) is 0 Å². The maximum atomic E-state index is 12.3. The number of anilines is 1. The number of carbonyl (C=O) groups excluding carboxylic acids is 4. The molecule has 12 heteroatoms. The molecule has 0 saturated heterocycles. The molecule has 0 unspecified atom stereocenters. The van der Waals surface area contributed by atoms with Gasteiger partial charge in [-0.25, -0.2) is 4.79 Å². The lowest BCUT2D eigenvalue weighted by Gasteiger charge is -2.19.